The summed E-state index contributed by atoms with van der Waals surface area (Å²) in [6, 6.07) is 9.11. The van der Waals surface area contributed by atoms with E-state index in [0.29, 0.717) is 38.0 Å². The van der Waals surface area contributed by atoms with E-state index in [0.717, 1.165) is 11.3 Å². The number of benzene rings is 1. The van der Waals surface area contributed by atoms with Crippen LogP contribution in [-0.4, -0.2) is 35.7 Å². The third-order valence-corrected chi connectivity index (χ3v) is 5.13. The summed E-state index contributed by atoms with van der Waals surface area (Å²) in [6.45, 7) is 5.25. The molecule has 0 aliphatic carbocycles. The average molecular weight is 397 g/mol. The summed E-state index contributed by atoms with van der Waals surface area (Å²) in [5, 5.41) is 5.82. The molecule has 3 rings (SSSR count). The molecule has 1 fully saturated rings. The predicted molar refractivity (Wildman–Crippen MR) is 109 cm³/mol. The van der Waals surface area contributed by atoms with Crippen LogP contribution in [0.5, 0.6) is 0 Å². The first-order valence-corrected chi connectivity index (χ1v) is 9.93. The number of amides is 3. The lowest BCUT2D eigenvalue weighted by Gasteiger charge is -2.31. The molecule has 1 aliphatic heterocycles. The highest BCUT2D eigenvalue weighted by Crippen LogP contribution is 2.20. The highest BCUT2D eigenvalue weighted by molar-refractivity contribution is 5.94. The van der Waals surface area contributed by atoms with E-state index in [4.69, 9.17) is 4.42 Å². The van der Waals surface area contributed by atoms with Crippen molar-refractivity contribution in [3.8, 4) is 0 Å². The van der Waals surface area contributed by atoms with E-state index >= 15 is 0 Å². The standard InChI is InChI=1S/C22H27N3O4/c1-15(2)20(26)24-19-5-3-16(4-6-19)13-23-21(27)17-7-10-25(11-8-17)22(28)18-9-12-29-14-18/h3-6,9,12,14-15,17H,7-8,10-11,13H2,1-2H3,(H,23,27)(H,24,26). The minimum Gasteiger partial charge on any atom is -0.472 e. The molecule has 0 saturated carbocycles. The van der Waals surface area contributed by atoms with E-state index in [1.165, 1.54) is 12.5 Å². The normalized spacial score (nSPS) is 14.7. The lowest BCUT2D eigenvalue weighted by molar-refractivity contribution is -0.126. The Kier molecular flexibility index (Phi) is 6.69. The van der Waals surface area contributed by atoms with E-state index in [2.05, 4.69) is 10.6 Å². The molecule has 1 aromatic heterocycles. The predicted octanol–water partition coefficient (Wildman–Crippen LogP) is 3.04. The molecule has 2 N–H and O–H groups in total. The van der Waals surface area contributed by atoms with Crippen LogP contribution in [0.1, 0.15) is 42.6 Å². The first kappa shape index (κ1) is 20.6. The van der Waals surface area contributed by atoms with Gasteiger partial charge in [-0.3, -0.25) is 14.4 Å². The van der Waals surface area contributed by atoms with Crippen LogP contribution in [0.4, 0.5) is 5.69 Å². The van der Waals surface area contributed by atoms with Crippen LogP contribution < -0.4 is 10.6 Å². The maximum Gasteiger partial charge on any atom is 0.257 e. The highest BCUT2D eigenvalue weighted by atomic mass is 16.3. The van der Waals surface area contributed by atoms with Gasteiger partial charge in [-0.15, -0.1) is 0 Å². The van der Waals surface area contributed by atoms with Gasteiger partial charge in [0.15, 0.2) is 0 Å². The molecule has 154 valence electrons. The molecular weight excluding hydrogens is 370 g/mol. The molecule has 1 saturated heterocycles. The number of anilines is 1. The second kappa shape index (κ2) is 9.41. The summed E-state index contributed by atoms with van der Waals surface area (Å²) in [6.07, 6.45) is 4.23. The Hall–Kier alpha value is -3.09. The van der Waals surface area contributed by atoms with Crippen molar-refractivity contribution in [2.45, 2.75) is 33.2 Å². The van der Waals surface area contributed by atoms with Crippen molar-refractivity contribution < 1.29 is 18.8 Å². The number of furan rings is 1. The van der Waals surface area contributed by atoms with Crippen LogP contribution >= 0.6 is 0 Å². The van der Waals surface area contributed by atoms with Gasteiger partial charge in [-0.25, -0.2) is 0 Å². The summed E-state index contributed by atoms with van der Waals surface area (Å²) in [5.74, 6) is -0.230. The van der Waals surface area contributed by atoms with Gasteiger partial charge in [0, 0.05) is 37.2 Å². The zero-order chi connectivity index (χ0) is 20.8. The van der Waals surface area contributed by atoms with Crippen molar-refractivity contribution in [1.29, 1.82) is 0 Å². The zero-order valence-corrected chi connectivity index (χ0v) is 16.8. The highest BCUT2D eigenvalue weighted by Gasteiger charge is 2.28. The Bertz CT molecular complexity index is 835. The van der Waals surface area contributed by atoms with E-state index in [1.807, 2.05) is 38.1 Å². The molecule has 3 amide bonds. The van der Waals surface area contributed by atoms with E-state index in [1.54, 1.807) is 11.0 Å². The first-order chi connectivity index (χ1) is 13.9. The van der Waals surface area contributed by atoms with Crippen LogP contribution in [0.3, 0.4) is 0 Å². The Labute approximate surface area is 170 Å². The fourth-order valence-electron chi connectivity index (χ4n) is 3.24. The molecule has 0 unspecified atom stereocenters. The van der Waals surface area contributed by atoms with Crippen molar-refractivity contribution in [1.82, 2.24) is 10.2 Å². The van der Waals surface area contributed by atoms with Gasteiger partial charge in [-0.2, -0.15) is 0 Å². The van der Waals surface area contributed by atoms with Crippen LogP contribution in [0.2, 0.25) is 0 Å². The van der Waals surface area contributed by atoms with Crippen molar-refractivity contribution in [2.24, 2.45) is 11.8 Å². The lowest BCUT2D eigenvalue weighted by atomic mass is 9.95. The molecule has 2 heterocycles. The largest absolute Gasteiger partial charge is 0.472 e. The maximum absolute atomic E-state index is 12.5. The number of likely N-dealkylation sites (tertiary alicyclic amines) is 1. The van der Waals surface area contributed by atoms with Gasteiger partial charge in [-0.05, 0) is 36.6 Å². The second-order valence-corrected chi connectivity index (χ2v) is 7.64. The summed E-state index contributed by atoms with van der Waals surface area (Å²) < 4.78 is 4.96. The number of hydrogen-bond acceptors (Lipinski definition) is 4. The quantitative estimate of drug-likeness (QED) is 0.784. The molecular formula is C22H27N3O4. The van der Waals surface area contributed by atoms with E-state index in [-0.39, 0.29) is 29.6 Å². The molecule has 7 heteroatoms. The van der Waals surface area contributed by atoms with Gasteiger partial charge >= 0.3 is 0 Å². The summed E-state index contributed by atoms with van der Waals surface area (Å²) in [4.78, 5) is 38.3. The number of carbonyl (C=O) groups is 3. The molecule has 2 aromatic rings. The summed E-state index contributed by atoms with van der Waals surface area (Å²) in [5.41, 5.74) is 2.25. The number of nitrogens with one attached hydrogen (secondary N) is 2. The van der Waals surface area contributed by atoms with Gasteiger partial charge < -0.3 is 20.0 Å². The van der Waals surface area contributed by atoms with Crippen molar-refractivity contribution in [2.75, 3.05) is 18.4 Å². The van der Waals surface area contributed by atoms with Gasteiger partial charge in [0.05, 0.1) is 11.8 Å². The molecule has 7 nitrogen and oxygen atoms in total. The van der Waals surface area contributed by atoms with Crippen molar-refractivity contribution in [3.63, 3.8) is 0 Å². The average Bonchev–Trinajstić information content (AvgIpc) is 3.27. The zero-order valence-electron chi connectivity index (χ0n) is 16.8. The van der Waals surface area contributed by atoms with E-state index in [9.17, 15) is 14.4 Å². The number of carbonyl (C=O) groups excluding carboxylic acids is 3. The Balaban J connectivity index is 1.43. The molecule has 1 aromatic carbocycles. The number of rotatable bonds is 6. The third kappa shape index (κ3) is 5.47. The Morgan fingerprint density at radius 3 is 2.38 bits per heavy atom. The van der Waals surface area contributed by atoms with Crippen LogP contribution in [0.15, 0.2) is 47.3 Å². The van der Waals surface area contributed by atoms with Crippen molar-refractivity contribution >= 4 is 23.4 Å². The van der Waals surface area contributed by atoms with Gasteiger partial charge in [0.1, 0.15) is 6.26 Å². The first-order valence-electron chi connectivity index (χ1n) is 9.93. The van der Waals surface area contributed by atoms with Crippen LogP contribution in [0, 0.1) is 11.8 Å². The van der Waals surface area contributed by atoms with Gasteiger partial charge in [0.2, 0.25) is 11.8 Å². The molecule has 0 radical (unpaired) electrons. The Morgan fingerprint density at radius 1 is 1.10 bits per heavy atom. The number of nitrogens with zero attached hydrogens (tertiary/aromatic N) is 1. The molecule has 1 aliphatic rings. The Morgan fingerprint density at radius 2 is 1.79 bits per heavy atom. The fraction of sp³-hybridized carbons (Fsp3) is 0.409. The topological polar surface area (TPSA) is 91.7 Å². The summed E-state index contributed by atoms with van der Waals surface area (Å²) >= 11 is 0. The van der Waals surface area contributed by atoms with Crippen molar-refractivity contribution in [3.05, 3.63) is 54.0 Å². The monoisotopic (exact) mass is 397 g/mol. The fourth-order valence-corrected chi connectivity index (χ4v) is 3.24. The third-order valence-electron chi connectivity index (χ3n) is 5.13. The lowest BCUT2D eigenvalue weighted by Crippen LogP contribution is -2.42. The minimum absolute atomic E-state index is 0.0117. The SMILES string of the molecule is CC(C)C(=O)Nc1ccc(CNC(=O)C2CCN(C(=O)c3ccoc3)CC2)cc1. The van der Waals surface area contributed by atoms with Gasteiger partial charge in [0.25, 0.3) is 5.91 Å². The smallest absolute Gasteiger partial charge is 0.257 e. The summed E-state index contributed by atoms with van der Waals surface area (Å²) in [7, 11) is 0. The molecule has 0 spiro atoms. The van der Waals surface area contributed by atoms with Gasteiger partial charge in [-0.1, -0.05) is 26.0 Å². The molecule has 0 atom stereocenters. The molecule has 29 heavy (non-hydrogen) atoms. The second-order valence-electron chi connectivity index (χ2n) is 7.64. The minimum atomic E-state index is -0.0898. The van der Waals surface area contributed by atoms with Crippen LogP contribution in [-0.2, 0) is 16.1 Å². The molecule has 0 bridgehead atoms. The van der Waals surface area contributed by atoms with Crippen LogP contribution in [0.25, 0.3) is 0 Å². The maximum atomic E-state index is 12.5. The van der Waals surface area contributed by atoms with E-state index < -0.39 is 0 Å². The number of hydrogen-bond donors (Lipinski definition) is 2. The number of piperidine rings is 1.